The zero-order chi connectivity index (χ0) is 16.8. The van der Waals surface area contributed by atoms with Crippen LogP contribution in [-0.4, -0.2) is 62.8 Å². The van der Waals surface area contributed by atoms with Gasteiger partial charge in [-0.15, -0.1) is 0 Å². The maximum absolute atomic E-state index is 12.4. The lowest BCUT2D eigenvalue weighted by Crippen LogP contribution is -2.44. The van der Waals surface area contributed by atoms with Crippen LogP contribution in [0.5, 0.6) is 11.5 Å². The van der Waals surface area contributed by atoms with Crippen LogP contribution in [0, 0.1) is 0 Å². The van der Waals surface area contributed by atoms with Gasteiger partial charge in [0, 0.05) is 31.7 Å². The SMILES string of the molecule is CCOc1c(CNC(=O)N(C)[C@H]2CCN(C)C2)cccc1OC. The summed E-state index contributed by atoms with van der Waals surface area (Å²) in [6.45, 7) is 4.85. The third-order valence-electron chi connectivity index (χ3n) is 4.23. The Labute approximate surface area is 138 Å². The Hall–Kier alpha value is -1.95. The maximum Gasteiger partial charge on any atom is 0.317 e. The van der Waals surface area contributed by atoms with Crippen molar-refractivity contribution in [3.63, 3.8) is 0 Å². The van der Waals surface area contributed by atoms with E-state index in [4.69, 9.17) is 9.47 Å². The molecule has 1 aliphatic heterocycles. The molecule has 0 aliphatic carbocycles. The van der Waals surface area contributed by atoms with Gasteiger partial charge in [-0.1, -0.05) is 12.1 Å². The number of nitrogens with one attached hydrogen (secondary N) is 1. The Morgan fingerprint density at radius 1 is 1.48 bits per heavy atom. The zero-order valence-electron chi connectivity index (χ0n) is 14.5. The highest BCUT2D eigenvalue weighted by Gasteiger charge is 2.26. The molecule has 1 N–H and O–H groups in total. The fraction of sp³-hybridized carbons (Fsp3) is 0.588. The molecule has 0 radical (unpaired) electrons. The normalized spacial score (nSPS) is 17.8. The average molecular weight is 321 g/mol. The Morgan fingerprint density at radius 2 is 2.26 bits per heavy atom. The van der Waals surface area contributed by atoms with Gasteiger partial charge in [0.25, 0.3) is 0 Å². The molecule has 1 aromatic rings. The molecule has 0 saturated carbocycles. The number of hydrogen-bond donors (Lipinski definition) is 1. The molecule has 2 amide bonds. The van der Waals surface area contributed by atoms with Gasteiger partial charge in [0.05, 0.1) is 13.7 Å². The lowest BCUT2D eigenvalue weighted by molar-refractivity contribution is 0.190. The predicted molar refractivity (Wildman–Crippen MR) is 90.1 cm³/mol. The Kier molecular flexibility index (Phi) is 6.10. The van der Waals surface area contributed by atoms with E-state index in [0.717, 1.165) is 25.1 Å². The van der Waals surface area contributed by atoms with E-state index in [2.05, 4.69) is 17.3 Å². The summed E-state index contributed by atoms with van der Waals surface area (Å²) in [5.41, 5.74) is 0.913. The van der Waals surface area contributed by atoms with Gasteiger partial charge in [-0.05, 0) is 33.0 Å². The van der Waals surface area contributed by atoms with E-state index in [9.17, 15) is 4.79 Å². The summed E-state index contributed by atoms with van der Waals surface area (Å²) in [7, 11) is 5.55. The molecule has 6 heteroatoms. The number of nitrogens with zero attached hydrogens (tertiary/aromatic N) is 2. The van der Waals surface area contributed by atoms with E-state index in [1.54, 1.807) is 12.0 Å². The number of carbonyl (C=O) groups excluding carboxylic acids is 1. The summed E-state index contributed by atoms with van der Waals surface area (Å²) in [5.74, 6) is 1.38. The van der Waals surface area contributed by atoms with Crippen LogP contribution in [0.2, 0.25) is 0 Å². The van der Waals surface area contributed by atoms with E-state index in [1.807, 2.05) is 32.2 Å². The summed E-state index contributed by atoms with van der Waals surface area (Å²) in [6, 6.07) is 5.92. The number of methoxy groups -OCH3 is 1. The van der Waals surface area contributed by atoms with Crippen molar-refractivity contribution in [2.24, 2.45) is 0 Å². The molecule has 1 aliphatic rings. The van der Waals surface area contributed by atoms with Gasteiger partial charge in [0.15, 0.2) is 11.5 Å². The summed E-state index contributed by atoms with van der Waals surface area (Å²) in [6.07, 6.45) is 1.02. The minimum atomic E-state index is -0.0597. The number of benzene rings is 1. The number of amides is 2. The Morgan fingerprint density at radius 3 is 2.87 bits per heavy atom. The molecule has 0 unspecified atom stereocenters. The molecule has 6 nitrogen and oxygen atoms in total. The molecule has 0 aromatic heterocycles. The first-order chi connectivity index (χ1) is 11.1. The van der Waals surface area contributed by atoms with Crippen LogP contribution in [0.4, 0.5) is 4.79 Å². The third kappa shape index (κ3) is 4.28. The van der Waals surface area contributed by atoms with E-state index >= 15 is 0 Å². The quantitative estimate of drug-likeness (QED) is 0.870. The number of para-hydroxylation sites is 1. The fourth-order valence-electron chi connectivity index (χ4n) is 2.86. The van der Waals surface area contributed by atoms with E-state index in [-0.39, 0.29) is 12.1 Å². The largest absolute Gasteiger partial charge is 0.493 e. The predicted octanol–water partition coefficient (Wildman–Crippen LogP) is 1.94. The minimum Gasteiger partial charge on any atom is -0.493 e. The standard InChI is InChI=1S/C17H27N3O3/c1-5-23-16-13(7-6-8-15(16)22-4)11-18-17(21)20(3)14-9-10-19(2)12-14/h6-8,14H,5,9-12H2,1-4H3,(H,18,21)/t14-/m0/s1. The van der Waals surface area contributed by atoms with Crippen LogP contribution in [0.3, 0.4) is 0 Å². The van der Waals surface area contributed by atoms with Gasteiger partial charge in [0.1, 0.15) is 0 Å². The molecule has 0 spiro atoms. The van der Waals surface area contributed by atoms with Crippen molar-refractivity contribution in [2.45, 2.75) is 25.9 Å². The van der Waals surface area contributed by atoms with Crippen molar-refractivity contribution in [3.8, 4) is 11.5 Å². The second-order valence-electron chi connectivity index (χ2n) is 5.86. The highest BCUT2D eigenvalue weighted by atomic mass is 16.5. The van der Waals surface area contributed by atoms with Crippen LogP contribution in [0.1, 0.15) is 18.9 Å². The highest BCUT2D eigenvalue weighted by molar-refractivity contribution is 5.74. The molecule has 1 fully saturated rings. The molecule has 2 rings (SSSR count). The third-order valence-corrected chi connectivity index (χ3v) is 4.23. The van der Waals surface area contributed by atoms with E-state index in [0.29, 0.717) is 24.7 Å². The Bertz CT molecular complexity index is 536. The van der Waals surface area contributed by atoms with Crippen LogP contribution in [0.25, 0.3) is 0 Å². The molecule has 0 bridgehead atoms. The zero-order valence-corrected chi connectivity index (χ0v) is 14.5. The van der Waals surface area contributed by atoms with Crippen molar-refractivity contribution >= 4 is 6.03 Å². The first-order valence-electron chi connectivity index (χ1n) is 8.04. The van der Waals surface area contributed by atoms with Gasteiger partial charge in [-0.25, -0.2) is 4.79 Å². The van der Waals surface area contributed by atoms with Crippen LogP contribution >= 0.6 is 0 Å². The average Bonchev–Trinajstić information content (AvgIpc) is 2.99. The molecule has 1 aromatic carbocycles. The van der Waals surface area contributed by atoms with E-state index < -0.39 is 0 Å². The van der Waals surface area contributed by atoms with Crippen molar-refractivity contribution in [1.82, 2.24) is 15.1 Å². The molecular formula is C17H27N3O3. The lowest BCUT2D eigenvalue weighted by atomic mass is 10.2. The first kappa shape index (κ1) is 17.4. The summed E-state index contributed by atoms with van der Waals surface area (Å²) in [5, 5.41) is 2.97. The highest BCUT2D eigenvalue weighted by Crippen LogP contribution is 2.31. The number of urea groups is 1. The molecule has 128 valence electrons. The lowest BCUT2D eigenvalue weighted by Gasteiger charge is -2.25. The topological polar surface area (TPSA) is 54.0 Å². The smallest absolute Gasteiger partial charge is 0.317 e. The van der Waals surface area contributed by atoms with Crippen molar-refractivity contribution in [1.29, 1.82) is 0 Å². The van der Waals surface area contributed by atoms with Gasteiger partial charge < -0.3 is 24.6 Å². The second kappa shape index (κ2) is 8.06. The fourth-order valence-corrected chi connectivity index (χ4v) is 2.86. The van der Waals surface area contributed by atoms with Gasteiger partial charge in [0.2, 0.25) is 0 Å². The summed E-state index contributed by atoms with van der Waals surface area (Å²) >= 11 is 0. The van der Waals surface area contributed by atoms with Gasteiger partial charge >= 0.3 is 6.03 Å². The summed E-state index contributed by atoms with van der Waals surface area (Å²) < 4.78 is 11.0. The number of carbonyl (C=O) groups is 1. The number of rotatable bonds is 6. The van der Waals surface area contributed by atoms with Crippen molar-refractivity contribution < 1.29 is 14.3 Å². The number of likely N-dealkylation sites (tertiary alicyclic amines) is 1. The monoisotopic (exact) mass is 321 g/mol. The molecule has 1 saturated heterocycles. The van der Waals surface area contributed by atoms with Gasteiger partial charge in [-0.3, -0.25) is 0 Å². The van der Waals surface area contributed by atoms with Crippen LogP contribution < -0.4 is 14.8 Å². The number of likely N-dealkylation sites (N-methyl/N-ethyl adjacent to an activating group) is 2. The first-order valence-corrected chi connectivity index (χ1v) is 8.04. The Balaban J connectivity index is 1.98. The number of ether oxygens (including phenoxy) is 2. The van der Waals surface area contributed by atoms with Crippen molar-refractivity contribution in [2.75, 3.05) is 40.9 Å². The maximum atomic E-state index is 12.4. The van der Waals surface area contributed by atoms with Crippen molar-refractivity contribution in [3.05, 3.63) is 23.8 Å². The van der Waals surface area contributed by atoms with Crippen LogP contribution in [0.15, 0.2) is 18.2 Å². The molecular weight excluding hydrogens is 294 g/mol. The van der Waals surface area contributed by atoms with Gasteiger partial charge in [-0.2, -0.15) is 0 Å². The number of hydrogen-bond acceptors (Lipinski definition) is 4. The summed E-state index contributed by atoms with van der Waals surface area (Å²) in [4.78, 5) is 16.4. The minimum absolute atomic E-state index is 0.0597. The van der Waals surface area contributed by atoms with Crippen LogP contribution in [-0.2, 0) is 6.54 Å². The van der Waals surface area contributed by atoms with E-state index in [1.165, 1.54) is 0 Å². The molecule has 23 heavy (non-hydrogen) atoms. The second-order valence-corrected chi connectivity index (χ2v) is 5.86. The molecule has 1 atom stereocenters. The molecule has 1 heterocycles.